The van der Waals surface area contributed by atoms with Crippen LogP contribution < -0.4 is 5.73 Å². The molecule has 2 N–H and O–H groups in total. The van der Waals surface area contributed by atoms with Crippen LogP contribution in [0.25, 0.3) is 0 Å². The molecule has 19 heavy (non-hydrogen) atoms. The van der Waals surface area contributed by atoms with Gasteiger partial charge in [0.1, 0.15) is 6.07 Å². The number of sulfonamides is 1. The van der Waals surface area contributed by atoms with Gasteiger partial charge >= 0.3 is 0 Å². The van der Waals surface area contributed by atoms with Gasteiger partial charge in [0.15, 0.2) is 0 Å². The third-order valence-electron chi connectivity index (χ3n) is 2.89. The Hall–Kier alpha value is -0.840. The summed E-state index contributed by atoms with van der Waals surface area (Å²) >= 11 is 5.84. The Balaban J connectivity index is 0.00000180. The lowest BCUT2D eigenvalue weighted by Gasteiger charge is -2.16. The minimum atomic E-state index is -3.56. The molecule has 1 aliphatic heterocycles. The number of benzene rings is 1. The van der Waals surface area contributed by atoms with Crippen LogP contribution in [0.2, 0.25) is 5.02 Å². The molecule has 1 aliphatic rings. The number of hydrogen-bond acceptors (Lipinski definition) is 4. The first-order valence-electron chi connectivity index (χ1n) is 5.40. The molecule has 0 unspecified atom stereocenters. The highest BCUT2D eigenvalue weighted by molar-refractivity contribution is 7.89. The van der Waals surface area contributed by atoms with Crippen LogP contribution in [0.15, 0.2) is 23.1 Å². The van der Waals surface area contributed by atoms with Crippen LogP contribution in [0.5, 0.6) is 0 Å². The zero-order valence-electron chi connectivity index (χ0n) is 9.91. The molecule has 0 aliphatic carbocycles. The van der Waals surface area contributed by atoms with E-state index in [1.807, 2.05) is 6.07 Å². The normalized spacial score (nSPS) is 19.7. The maximum atomic E-state index is 12.3. The van der Waals surface area contributed by atoms with Crippen LogP contribution in [-0.4, -0.2) is 31.9 Å². The summed E-state index contributed by atoms with van der Waals surface area (Å²) in [5.41, 5.74) is 5.96. The minimum Gasteiger partial charge on any atom is -0.326 e. The predicted octanol–water partition coefficient (Wildman–Crippen LogP) is 1.36. The minimum absolute atomic E-state index is 0. The zero-order chi connectivity index (χ0) is 13.3. The van der Waals surface area contributed by atoms with Crippen molar-refractivity contribution in [3.05, 3.63) is 28.8 Å². The Bertz CT molecular complexity index is 613. The summed E-state index contributed by atoms with van der Waals surface area (Å²) < 4.78 is 25.9. The average molecular weight is 322 g/mol. The number of hydrogen-bond donors (Lipinski definition) is 1. The number of halogens is 2. The largest absolute Gasteiger partial charge is 0.326 e. The first kappa shape index (κ1) is 16.2. The van der Waals surface area contributed by atoms with Crippen LogP contribution in [-0.2, 0) is 10.0 Å². The molecule has 1 fully saturated rings. The van der Waals surface area contributed by atoms with Gasteiger partial charge in [0.05, 0.1) is 15.5 Å². The Morgan fingerprint density at radius 2 is 2.16 bits per heavy atom. The van der Waals surface area contributed by atoms with E-state index in [-0.39, 0.29) is 33.9 Å². The molecule has 1 atom stereocenters. The lowest BCUT2D eigenvalue weighted by Crippen LogP contribution is -2.31. The van der Waals surface area contributed by atoms with Crippen molar-refractivity contribution in [3.8, 4) is 6.07 Å². The summed E-state index contributed by atoms with van der Waals surface area (Å²) in [5.74, 6) is 0. The van der Waals surface area contributed by atoms with Crippen LogP contribution in [0.4, 0.5) is 0 Å². The van der Waals surface area contributed by atoms with Crippen molar-refractivity contribution < 1.29 is 8.42 Å². The number of rotatable bonds is 2. The second kappa shape index (κ2) is 6.07. The Kier molecular flexibility index (Phi) is 5.18. The molecule has 0 radical (unpaired) electrons. The quantitative estimate of drug-likeness (QED) is 0.890. The van der Waals surface area contributed by atoms with E-state index in [9.17, 15) is 8.42 Å². The third kappa shape index (κ3) is 3.19. The smallest absolute Gasteiger partial charge is 0.243 e. The van der Waals surface area contributed by atoms with Crippen LogP contribution >= 0.6 is 24.0 Å². The number of nitrogens with two attached hydrogens (primary N) is 1. The maximum Gasteiger partial charge on any atom is 0.243 e. The first-order valence-corrected chi connectivity index (χ1v) is 7.22. The van der Waals surface area contributed by atoms with E-state index in [0.717, 1.165) is 0 Å². The highest BCUT2D eigenvalue weighted by atomic mass is 35.5. The van der Waals surface area contributed by atoms with Crippen LogP contribution in [0.1, 0.15) is 12.0 Å². The van der Waals surface area contributed by atoms with Crippen molar-refractivity contribution >= 4 is 34.0 Å². The van der Waals surface area contributed by atoms with Gasteiger partial charge in [-0.3, -0.25) is 0 Å². The predicted molar refractivity (Wildman–Crippen MR) is 74.8 cm³/mol. The lowest BCUT2D eigenvalue weighted by atomic mass is 10.2. The average Bonchev–Trinajstić information content (AvgIpc) is 2.76. The van der Waals surface area contributed by atoms with E-state index < -0.39 is 10.0 Å². The van der Waals surface area contributed by atoms with Gasteiger partial charge in [0.2, 0.25) is 10.0 Å². The molecular weight excluding hydrogens is 309 g/mol. The monoisotopic (exact) mass is 321 g/mol. The summed E-state index contributed by atoms with van der Waals surface area (Å²) in [6.07, 6.45) is 0.656. The molecule has 0 saturated carbocycles. The molecule has 0 spiro atoms. The van der Waals surface area contributed by atoms with Crippen molar-refractivity contribution in [2.45, 2.75) is 17.4 Å². The van der Waals surface area contributed by atoms with Gasteiger partial charge in [-0.05, 0) is 24.6 Å². The fraction of sp³-hybridized carbons (Fsp3) is 0.364. The summed E-state index contributed by atoms with van der Waals surface area (Å²) in [6.45, 7) is 0.737. The number of nitriles is 1. The first-order chi connectivity index (χ1) is 8.45. The van der Waals surface area contributed by atoms with E-state index in [1.54, 1.807) is 0 Å². The van der Waals surface area contributed by atoms with Gasteiger partial charge in [0.25, 0.3) is 0 Å². The van der Waals surface area contributed by atoms with Gasteiger partial charge in [-0.2, -0.15) is 9.57 Å². The van der Waals surface area contributed by atoms with E-state index in [0.29, 0.717) is 19.5 Å². The molecule has 2 rings (SSSR count). The van der Waals surface area contributed by atoms with Gasteiger partial charge < -0.3 is 5.73 Å². The van der Waals surface area contributed by atoms with Gasteiger partial charge in [-0.1, -0.05) is 11.6 Å². The fourth-order valence-corrected chi connectivity index (χ4v) is 3.69. The van der Waals surface area contributed by atoms with Gasteiger partial charge in [0, 0.05) is 19.1 Å². The molecule has 1 saturated heterocycles. The lowest BCUT2D eigenvalue weighted by molar-refractivity contribution is 0.472. The van der Waals surface area contributed by atoms with E-state index >= 15 is 0 Å². The molecule has 1 heterocycles. The van der Waals surface area contributed by atoms with E-state index in [2.05, 4.69) is 0 Å². The topological polar surface area (TPSA) is 87.2 Å². The summed E-state index contributed by atoms with van der Waals surface area (Å²) in [7, 11) is -3.56. The Morgan fingerprint density at radius 1 is 1.47 bits per heavy atom. The molecule has 1 aromatic carbocycles. The molecular formula is C11H13Cl2N3O2S. The van der Waals surface area contributed by atoms with Crippen molar-refractivity contribution in [2.75, 3.05) is 13.1 Å². The summed E-state index contributed by atoms with van der Waals surface area (Å²) in [6, 6.07) is 5.88. The highest BCUT2D eigenvalue weighted by Gasteiger charge is 2.31. The Labute approximate surface area is 123 Å². The van der Waals surface area contributed by atoms with Gasteiger partial charge in [-0.15, -0.1) is 12.4 Å². The molecule has 1 aromatic rings. The summed E-state index contributed by atoms with van der Waals surface area (Å²) in [5, 5.41) is 8.89. The van der Waals surface area contributed by atoms with E-state index in [1.165, 1.54) is 22.5 Å². The SMILES string of the molecule is Cl.N#Cc1ccc(S(=O)(=O)N2CC[C@H](N)C2)cc1Cl. The molecule has 0 bridgehead atoms. The second-order valence-corrected chi connectivity index (χ2v) is 6.51. The van der Waals surface area contributed by atoms with Crippen molar-refractivity contribution in [3.63, 3.8) is 0 Å². The Morgan fingerprint density at radius 3 is 2.63 bits per heavy atom. The fourth-order valence-electron chi connectivity index (χ4n) is 1.87. The molecule has 0 amide bonds. The van der Waals surface area contributed by atoms with Gasteiger partial charge in [-0.25, -0.2) is 8.42 Å². The van der Waals surface area contributed by atoms with Crippen LogP contribution in [0, 0.1) is 11.3 Å². The molecule has 104 valence electrons. The second-order valence-electron chi connectivity index (χ2n) is 4.17. The highest BCUT2D eigenvalue weighted by Crippen LogP contribution is 2.24. The standard InChI is InChI=1S/C11H12ClN3O2S.ClH/c12-11-5-10(2-1-8(11)6-13)18(16,17)15-4-3-9(14)7-15;/h1-2,5,9H,3-4,7,14H2;1H/t9-;/m0./s1. The third-order valence-corrected chi connectivity index (χ3v) is 5.06. The molecule has 5 nitrogen and oxygen atoms in total. The molecule has 8 heteroatoms. The number of nitrogens with zero attached hydrogens (tertiary/aromatic N) is 2. The zero-order valence-corrected chi connectivity index (χ0v) is 12.3. The maximum absolute atomic E-state index is 12.3. The summed E-state index contributed by atoms with van der Waals surface area (Å²) in [4.78, 5) is 0.0978. The van der Waals surface area contributed by atoms with Crippen molar-refractivity contribution in [1.29, 1.82) is 5.26 Å². The van der Waals surface area contributed by atoms with Crippen LogP contribution in [0.3, 0.4) is 0 Å². The van der Waals surface area contributed by atoms with E-state index in [4.69, 9.17) is 22.6 Å². The van der Waals surface area contributed by atoms with Crippen molar-refractivity contribution in [2.24, 2.45) is 5.73 Å². The van der Waals surface area contributed by atoms with Crippen molar-refractivity contribution in [1.82, 2.24) is 4.31 Å². The molecule has 0 aromatic heterocycles.